The quantitative estimate of drug-likeness (QED) is 0.351. The molecule has 0 aromatic heterocycles. The molecule has 0 unspecified atom stereocenters. The van der Waals surface area contributed by atoms with Gasteiger partial charge in [0.1, 0.15) is 5.75 Å². The Morgan fingerprint density at radius 1 is 1.23 bits per heavy atom. The normalized spacial score (nSPS) is 18.9. The molecule has 6 nitrogen and oxygen atoms in total. The third-order valence-electron chi connectivity index (χ3n) is 4.74. The number of thioether (sulfide) groups is 1. The summed E-state index contributed by atoms with van der Waals surface area (Å²) in [6.45, 7) is 0. The highest BCUT2D eigenvalue weighted by Gasteiger charge is 2.25. The summed E-state index contributed by atoms with van der Waals surface area (Å²) < 4.78 is 5.53. The molecule has 0 fully saturated rings. The molecule has 158 valence electrons. The number of benzene rings is 2. The summed E-state index contributed by atoms with van der Waals surface area (Å²) in [6, 6.07) is 16.1. The number of amidine groups is 1. The molecule has 1 aliphatic heterocycles. The number of methoxy groups -OCH3 is 1. The average molecular weight is 450 g/mol. The van der Waals surface area contributed by atoms with Gasteiger partial charge in [-0.15, -0.1) is 0 Å². The van der Waals surface area contributed by atoms with Gasteiger partial charge in [-0.05, 0) is 48.1 Å². The highest BCUT2D eigenvalue weighted by molar-refractivity contribution is 8.13. The van der Waals surface area contributed by atoms with Gasteiger partial charge in [0.25, 0.3) is 0 Å². The summed E-state index contributed by atoms with van der Waals surface area (Å²) in [4.78, 5) is 4.74. The van der Waals surface area contributed by atoms with E-state index < -0.39 is 0 Å². The molecular weight excluding hydrogens is 426 g/mol. The third kappa shape index (κ3) is 5.74. The summed E-state index contributed by atoms with van der Waals surface area (Å²) in [5.74, 6) is 1.58. The standard InChI is InChI=1S/C23H23N5OS2/c1-29-21-12-11-16(14-24-28-22(30)25-18-7-3-2-4-8-18)13-17(21)15-31-23-26-19-9-5-6-10-20(19)27-23/h2-14,19-20H,15H2,1H3,(H,26,27)(H2,25,28,30)/b24-14-/t19-,20-/m1/s1. The zero-order valence-electron chi connectivity index (χ0n) is 17.0. The number of nitrogens with zero attached hydrogens (tertiary/aromatic N) is 2. The third-order valence-corrected chi connectivity index (χ3v) is 5.89. The van der Waals surface area contributed by atoms with Gasteiger partial charge in [0.2, 0.25) is 0 Å². The lowest BCUT2D eigenvalue weighted by Crippen LogP contribution is -2.31. The van der Waals surface area contributed by atoms with E-state index in [9.17, 15) is 0 Å². The van der Waals surface area contributed by atoms with Gasteiger partial charge in [0.15, 0.2) is 10.3 Å². The minimum Gasteiger partial charge on any atom is -0.496 e. The fourth-order valence-corrected chi connectivity index (χ4v) is 4.33. The molecule has 0 amide bonds. The van der Waals surface area contributed by atoms with Gasteiger partial charge < -0.3 is 15.4 Å². The van der Waals surface area contributed by atoms with Crippen LogP contribution in [0.15, 0.2) is 82.9 Å². The second-order valence-corrected chi connectivity index (χ2v) is 8.29. The topological polar surface area (TPSA) is 70.0 Å². The minimum atomic E-state index is 0.187. The van der Waals surface area contributed by atoms with E-state index in [2.05, 4.69) is 45.5 Å². The van der Waals surface area contributed by atoms with Crippen LogP contribution in [0.4, 0.5) is 5.69 Å². The van der Waals surface area contributed by atoms with E-state index in [1.165, 1.54) is 0 Å². The Labute approximate surface area is 191 Å². The molecule has 2 aromatic rings. The first-order valence-electron chi connectivity index (χ1n) is 9.85. The van der Waals surface area contributed by atoms with Crippen molar-refractivity contribution < 1.29 is 4.74 Å². The molecule has 2 aliphatic rings. The molecule has 0 spiro atoms. The SMILES string of the molecule is COc1ccc(/C=N\NC(=S)Nc2ccccc2)cc1CSC1=N[C@@H]2C=CC=C[C@H]2N1. The summed E-state index contributed by atoms with van der Waals surface area (Å²) >= 11 is 6.95. The fourth-order valence-electron chi connectivity index (χ4n) is 3.23. The molecule has 2 aromatic carbocycles. The largest absolute Gasteiger partial charge is 0.496 e. The molecule has 4 rings (SSSR count). The second kappa shape index (κ2) is 10.3. The first-order chi connectivity index (χ1) is 15.2. The molecular formula is C23H23N5OS2. The van der Waals surface area contributed by atoms with Crippen molar-refractivity contribution in [3.63, 3.8) is 0 Å². The van der Waals surface area contributed by atoms with Crippen molar-refractivity contribution in [3.05, 3.63) is 84.0 Å². The van der Waals surface area contributed by atoms with Gasteiger partial charge in [0.05, 0.1) is 25.4 Å². The Hall–Kier alpha value is -3.10. The Morgan fingerprint density at radius 2 is 2.06 bits per heavy atom. The Morgan fingerprint density at radius 3 is 2.87 bits per heavy atom. The maximum absolute atomic E-state index is 5.53. The van der Waals surface area contributed by atoms with E-state index in [1.807, 2.05) is 48.5 Å². The Balaban J connectivity index is 1.34. The molecule has 0 saturated carbocycles. The van der Waals surface area contributed by atoms with Crippen molar-refractivity contribution >= 4 is 46.2 Å². The zero-order chi connectivity index (χ0) is 21.5. The van der Waals surface area contributed by atoms with Crippen molar-refractivity contribution in [1.82, 2.24) is 10.7 Å². The van der Waals surface area contributed by atoms with E-state index in [1.54, 1.807) is 25.1 Å². The molecule has 31 heavy (non-hydrogen) atoms. The summed E-state index contributed by atoms with van der Waals surface area (Å²) in [5, 5.41) is 12.2. The van der Waals surface area contributed by atoms with E-state index in [0.717, 1.165) is 33.5 Å². The number of hydrogen-bond acceptors (Lipinski definition) is 6. The number of allylic oxidation sites excluding steroid dienone is 2. The lowest BCUT2D eigenvalue weighted by molar-refractivity contribution is 0.411. The van der Waals surface area contributed by atoms with E-state index in [4.69, 9.17) is 21.9 Å². The number of thiocarbonyl (C=S) groups is 1. The van der Waals surface area contributed by atoms with Crippen LogP contribution in [0.25, 0.3) is 0 Å². The number of aliphatic imine (C=N–C) groups is 1. The molecule has 1 aliphatic carbocycles. The lowest BCUT2D eigenvalue weighted by Gasteiger charge is -2.13. The van der Waals surface area contributed by atoms with Gasteiger partial charge in [-0.3, -0.25) is 10.4 Å². The number of para-hydroxylation sites is 1. The van der Waals surface area contributed by atoms with Gasteiger partial charge in [-0.2, -0.15) is 5.10 Å². The molecule has 3 N–H and O–H groups in total. The van der Waals surface area contributed by atoms with Gasteiger partial charge in [-0.1, -0.05) is 54.3 Å². The predicted octanol–water partition coefficient (Wildman–Crippen LogP) is 4.07. The predicted molar refractivity (Wildman–Crippen MR) is 134 cm³/mol. The number of anilines is 1. The highest BCUT2D eigenvalue weighted by Crippen LogP contribution is 2.27. The molecule has 0 bridgehead atoms. The number of hydrogen-bond donors (Lipinski definition) is 3. The van der Waals surface area contributed by atoms with Crippen molar-refractivity contribution in [1.29, 1.82) is 0 Å². The van der Waals surface area contributed by atoms with Crippen molar-refractivity contribution in [2.75, 3.05) is 12.4 Å². The Bertz CT molecular complexity index is 1050. The molecule has 0 radical (unpaired) electrons. The van der Waals surface area contributed by atoms with Crippen molar-refractivity contribution in [3.8, 4) is 5.75 Å². The summed E-state index contributed by atoms with van der Waals surface area (Å²) in [6.07, 6.45) is 10.1. The van der Waals surface area contributed by atoms with Gasteiger partial charge >= 0.3 is 0 Å². The maximum atomic E-state index is 5.53. The minimum absolute atomic E-state index is 0.187. The molecule has 2 atom stereocenters. The first-order valence-corrected chi connectivity index (χ1v) is 11.2. The van der Waals surface area contributed by atoms with Crippen LogP contribution in [0, 0.1) is 0 Å². The fraction of sp³-hybridized carbons (Fsp3) is 0.174. The highest BCUT2D eigenvalue weighted by atomic mass is 32.2. The number of rotatable bonds is 6. The van der Waals surface area contributed by atoms with Gasteiger partial charge in [0, 0.05) is 17.0 Å². The number of ether oxygens (including phenoxy) is 1. The van der Waals surface area contributed by atoms with Crippen LogP contribution in [0.2, 0.25) is 0 Å². The molecule has 1 heterocycles. The second-order valence-electron chi connectivity index (χ2n) is 6.91. The summed E-state index contributed by atoms with van der Waals surface area (Å²) in [7, 11) is 1.68. The first kappa shape index (κ1) is 21.1. The van der Waals surface area contributed by atoms with Crippen LogP contribution in [0.5, 0.6) is 5.75 Å². The van der Waals surface area contributed by atoms with Crippen LogP contribution < -0.4 is 20.8 Å². The van der Waals surface area contributed by atoms with E-state index >= 15 is 0 Å². The van der Waals surface area contributed by atoms with Crippen LogP contribution in [0.3, 0.4) is 0 Å². The van der Waals surface area contributed by atoms with Crippen LogP contribution in [-0.4, -0.2) is 35.7 Å². The zero-order valence-corrected chi connectivity index (χ0v) is 18.6. The number of nitrogens with one attached hydrogen (secondary N) is 3. The van der Waals surface area contributed by atoms with Crippen LogP contribution in [-0.2, 0) is 5.75 Å². The van der Waals surface area contributed by atoms with E-state index in [-0.39, 0.29) is 12.1 Å². The summed E-state index contributed by atoms with van der Waals surface area (Å²) in [5.41, 5.74) is 5.78. The van der Waals surface area contributed by atoms with Crippen LogP contribution >= 0.6 is 24.0 Å². The van der Waals surface area contributed by atoms with E-state index in [0.29, 0.717) is 5.11 Å². The smallest absolute Gasteiger partial charge is 0.191 e. The lowest BCUT2D eigenvalue weighted by atomic mass is 10.1. The van der Waals surface area contributed by atoms with Crippen molar-refractivity contribution in [2.24, 2.45) is 10.1 Å². The molecule has 0 saturated heterocycles. The molecule has 8 heteroatoms. The Kier molecular flexibility index (Phi) is 7.01. The number of fused-ring (bicyclic) bond motifs is 1. The van der Waals surface area contributed by atoms with Gasteiger partial charge in [-0.25, -0.2) is 0 Å². The van der Waals surface area contributed by atoms with Crippen LogP contribution in [0.1, 0.15) is 11.1 Å². The average Bonchev–Trinajstić information content (AvgIpc) is 3.21. The number of hydrazone groups is 1. The maximum Gasteiger partial charge on any atom is 0.191 e. The monoisotopic (exact) mass is 449 g/mol. The van der Waals surface area contributed by atoms with Crippen molar-refractivity contribution in [2.45, 2.75) is 17.8 Å².